The molecule has 18 heavy (non-hydrogen) atoms. The number of alkyl halides is 2. The highest BCUT2D eigenvalue weighted by Gasteiger charge is 2.17. The van der Waals surface area contributed by atoms with Crippen molar-refractivity contribution in [3.8, 4) is 0 Å². The molecule has 0 aliphatic rings. The third-order valence-corrected chi connectivity index (χ3v) is 2.85. The van der Waals surface area contributed by atoms with Crippen molar-refractivity contribution >= 4 is 5.69 Å². The van der Waals surface area contributed by atoms with E-state index in [4.69, 9.17) is 10.8 Å². The minimum absolute atomic E-state index is 0.164. The van der Waals surface area contributed by atoms with Gasteiger partial charge in [-0.3, -0.25) is 0 Å². The van der Waals surface area contributed by atoms with Crippen molar-refractivity contribution in [3.05, 3.63) is 29.8 Å². The van der Waals surface area contributed by atoms with Gasteiger partial charge in [-0.25, -0.2) is 8.78 Å². The first-order valence-corrected chi connectivity index (χ1v) is 6.08. The summed E-state index contributed by atoms with van der Waals surface area (Å²) in [5, 5.41) is 8.98. The Balaban J connectivity index is 3.02. The lowest BCUT2D eigenvalue weighted by Crippen LogP contribution is -2.33. The van der Waals surface area contributed by atoms with Crippen LogP contribution in [0.5, 0.6) is 0 Å². The van der Waals surface area contributed by atoms with Gasteiger partial charge in [0, 0.05) is 18.3 Å². The topological polar surface area (TPSA) is 49.5 Å². The average molecular weight is 258 g/mol. The highest BCUT2D eigenvalue weighted by Crippen LogP contribution is 2.27. The number of para-hydroxylation sites is 1. The van der Waals surface area contributed by atoms with E-state index in [1.807, 2.05) is 19.1 Å². The van der Waals surface area contributed by atoms with Crippen molar-refractivity contribution in [3.63, 3.8) is 0 Å². The molecule has 1 aromatic rings. The number of hydrogen-bond donors (Lipinski definition) is 2. The normalized spacial score (nSPS) is 12.8. The van der Waals surface area contributed by atoms with Crippen molar-refractivity contribution in [2.45, 2.75) is 25.8 Å². The van der Waals surface area contributed by atoms with Crippen molar-refractivity contribution in [2.75, 3.05) is 24.6 Å². The lowest BCUT2D eigenvalue weighted by Gasteiger charge is -2.27. The summed E-state index contributed by atoms with van der Waals surface area (Å²) < 4.78 is 25.1. The summed E-state index contributed by atoms with van der Waals surface area (Å²) in [5.74, 6) is 0. The zero-order valence-corrected chi connectivity index (χ0v) is 10.5. The Hall–Kier alpha value is -1.20. The maximum absolute atomic E-state index is 12.6. The molecule has 3 nitrogen and oxygen atoms in total. The molecule has 0 radical (unpaired) electrons. The summed E-state index contributed by atoms with van der Waals surface area (Å²) in [6.07, 6.45) is -1.71. The van der Waals surface area contributed by atoms with Crippen molar-refractivity contribution in [1.82, 2.24) is 0 Å². The maximum Gasteiger partial charge on any atom is 0.255 e. The minimum atomic E-state index is -2.44. The van der Waals surface area contributed by atoms with Gasteiger partial charge in [0.2, 0.25) is 0 Å². The number of aliphatic hydroxyl groups excluding tert-OH is 1. The average Bonchev–Trinajstić information content (AvgIpc) is 2.37. The molecule has 1 aromatic carbocycles. The Morgan fingerprint density at radius 3 is 2.56 bits per heavy atom. The van der Waals surface area contributed by atoms with Crippen LogP contribution in [0.15, 0.2) is 24.3 Å². The van der Waals surface area contributed by atoms with Gasteiger partial charge in [0.05, 0.1) is 13.2 Å². The standard InChI is InChI=1S/C13H20F2N2O/c1-2-11(16)10-5-3-4-6-12(10)17(7-8-18)9-13(14)15/h3-6,11,13,18H,2,7-9,16H2,1H3/t11-/m0/s1. The number of hydrogen-bond acceptors (Lipinski definition) is 3. The zero-order valence-electron chi connectivity index (χ0n) is 10.5. The molecule has 5 heteroatoms. The van der Waals surface area contributed by atoms with E-state index < -0.39 is 13.0 Å². The van der Waals surface area contributed by atoms with Crippen LogP contribution < -0.4 is 10.6 Å². The molecule has 0 aliphatic carbocycles. The third kappa shape index (κ3) is 3.92. The number of benzene rings is 1. The Morgan fingerprint density at radius 2 is 2.00 bits per heavy atom. The Labute approximate surface area is 106 Å². The van der Waals surface area contributed by atoms with Crippen molar-refractivity contribution < 1.29 is 13.9 Å². The van der Waals surface area contributed by atoms with Crippen LogP contribution in [0.1, 0.15) is 24.9 Å². The van der Waals surface area contributed by atoms with Gasteiger partial charge in [0.1, 0.15) is 0 Å². The van der Waals surface area contributed by atoms with Crippen LogP contribution in [0.3, 0.4) is 0 Å². The molecule has 0 fully saturated rings. The highest BCUT2D eigenvalue weighted by molar-refractivity contribution is 5.55. The van der Waals surface area contributed by atoms with Gasteiger partial charge in [-0.2, -0.15) is 0 Å². The molecule has 0 amide bonds. The fourth-order valence-electron chi connectivity index (χ4n) is 1.91. The van der Waals surface area contributed by atoms with Crippen LogP contribution in [0.4, 0.5) is 14.5 Å². The number of halogens is 2. The minimum Gasteiger partial charge on any atom is -0.395 e. The van der Waals surface area contributed by atoms with E-state index in [1.54, 1.807) is 12.1 Å². The second kappa shape index (κ2) is 7.28. The fourth-order valence-corrected chi connectivity index (χ4v) is 1.91. The summed E-state index contributed by atoms with van der Waals surface area (Å²) >= 11 is 0. The van der Waals surface area contributed by atoms with Gasteiger partial charge < -0.3 is 15.7 Å². The van der Waals surface area contributed by atoms with E-state index in [-0.39, 0.29) is 19.2 Å². The molecule has 0 aromatic heterocycles. The third-order valence-electron chi connectivity index (χ3n) is 2.85. The zero-order chi connectivity index (χ0) is 13.5. The van der Waals surface area contributed by atoms with E-state index in [1.165, 1.54) is 4.90 Å². The number of anilines is 1. The van der Waals surface area contributed by atoms with Crippen LogP contribution >= 0.6 is 0 Å². The Bertz CT molecular complexity index is 361. The van der Waals surface area contributed by atoms with E-state index in [0.717, 1.165) is 12.0 Å². The first kappa shape index (κ1) is 14.9. The number of nitrogens with zero attached hydrogens (tertiary/aromatic N) is 1. The quantitative estimate of drug-likeness (QED) is 0.788. The second-order valence-corrected chi connectivity index (χ2v) is 4.13. The summed E-state index contributed by atoms with van der Waals surface area (Å²) in [6.45, 7) is 1.57. The lowest BCUT2D eigenvalue weighted by atomic mass is 10.0. The molecule has 0 saturated heterocycles. The van der Waals surface area contributed by atoms with Crippen LogP contribution in [-0.2, 0) is 0 Å². The molecule has 0 saturated carbocycles. The summed E-state index contributed by atoms with van der Waals surface area (Å²) in [5.41, 5.74) is 7.51. The molecule has 0 heterocycles. The Morgan fingerprint density at radius 1 is 1.33 bits per heavy atom. The van der Waals surface area contributed by atoms with E-state index >= 15 is 0 Å². The van der Waals surface area contributed by atoms with Gasteiger partial charge in [-0.05, 0) is 18.1 Å². The molecular formula is C13H20F2N2O. The number of aliphatic hydroxyl groups is 1. The van der Waals surface area contributed by atoms with Crippen LogP contribution in [0.25, 0.3) is 0 Å². The molecule has 0 spiro atoms. The monoisotopic (exact) mass is 258 g/mol. The smallest absolute Gasteiger partial charge is 0.255 e. The lowest BCUT2D eigenvalue weighted by molar-refractivity contribution is 0.152. The van der Waals surface area contributed by atoms with E-state index in [0.29, 0.717) is 5.69 Å². The molecular weight excluding hydrogens is 238 g/mol. The summed E-state index contributed by atoms with van der Waals surface area (Å²) in [6, 6.07) is 7.06. The number of rotatable bonds is 7. The molecule has 1 atom stereocenters. The van der Waals surface area contributed by atoms with Gasteiger partial charge in [0.15, 0.2) is 0 Å². The summed E-state index contributed by atoms with van der Waals surface area (Å²) in [4.78, 5) is 1.48. The van der Waals surface area contributed by atoms with E-state index in [9.17, 15) is 8.78 Å². The molecule has 3 N–H and O–H groups in total. The molecule has 102 valence electrons. The van der Waals surface area contributed by atoms with Gasteiger partial charge in [0.25, 0.3) is 6.43 Å². The highest BCUT2D eigenvalue weighted by atomic mass is 19.3. The fraction of sp³-hybridized carbons (Fsp3) is 0.538. The number of nitrogens with two attached hydrogens (primary N) is 1. The largest absolute Gasteiger partial charge is 0.395 e. The Kier molecular flexibility index (Phi) is 6.01. The second-order valence-electron chi connectivity index (χ2n) is 4.13. The van der Waals surface area contributed by atoms with Crippen molar-refractivity contribution in [2.24, 2.45) is 5.73 Å². The van der Waals surface area contributed by atoms with Crippen molar-refractivity contribution in [1.29, 1.82) is 0 Å². The molecule has 1 rings (SSSR count). The summed E-state index contributed by atoms with van der Waals surface area (Å²) in [7, 11) is 0. The molecule has 0 bridgehead atoms. The SMILES string of the molecule is CC[C@H](N)c1ccccc1N(CCO)CC(F)F. The van der Waals surface area contributed by atoms with Crippen LogP contribution in [0, 0.1) is 0 Å². The first-order valence-electron chi connectivity index (χ1n) is 6.08. The van der Waals surface area contributed by atoms with Gasteiger partial charge in [-0.15, -0.1) is 0 Å². The first-order chi connectivity index (χ1) is 8.60. The molecule has 0 unspecified atom stereocenters. The predicted octanol–water partition coefficient (Wildman–Crippen LogP) is 2.16. The van der Waals surface area contributed by atoms with Gasteiger partial charge in [-0.1, -0.05) is 25.1 Å². The van der Waals surface area contributed by atoms with Crippen LogP contribution in [-0.4, -0.2) is 31.2 Å². The van der Waals surface area contributed by atoms with E-state index in [2.05, 4.69) is 0 Å². The predicted molar refractivity (Wildman–Crippen MR) is 69.0 cm³/mol. The molecule has 0 aliphatic heterocycles. The maximum atomic E-state index is 12.6. The van der Waals surface area contributed by atoms with Crippen LogP contribution in [0.2, 0.25) is 0 Å². The van der Waals surface area contributed by atoms with Gasteiger partial charge >= 0.3 is 0 Å².